The molecule has 1 fully saturated rings. The van der Waals surface area contributed by atoms with E-state index in [9.17, 15) is 9.59 Å². The normalized spacial score (nSPS) is 17.7. The number of hydrogen-bond acceptors (Lipinski definition) is 5. The Morgan fingerprint density at radius 3 is 2.68 bits per heavy atom. The lowest BCUT2D eigenvalue weighted by Gasteiger charge is -2.28. The van der Waals surface area contributed by atoms with E-state index in [1.807, 2.05) is 0 Å². The molecule has 0 unspecified atom stereocenters. The van der Waals surface area contributed by atoms with Crippen LogP contribution in [-0.2, 0) is 6.54 Å². The van der Waals surface area contributed by atoms with Gasteiger partial charge in [0.2, 0.25) is 5.95 Å². The van der Waals surface area contributed by atoms with Crippen LogP contribution >= 0.6 is 0 Å². The maximum absolute atomic E-state index is 12.2. The monoisotopic (exact) mass is 301 g/mol. The van der Waals surface area contributed by atoms with Gasteiger partial charge in [-0.15, -0.1) is 5.92 Å². The summed E-state index contributed by atoms with van der Waals surface area (Å²) in [6, 6.07) is -0.587. The summed E-state index contributed by atoms with van der Waals surface area (Å²) in [5, 5.41) is 6.82. The van der Waals surface area contributed by atoms with Gasteiger partial charge in [-0.3, -0.25) is 14.3 Å². The Hall–Kier alpha value is -2.53. The van der Waals surface area contributed by atoms with E-state index in [-0.39, 0.29) is 0 Å². The van der Waals surface area contributed by atoms with Crippen molar-refractivity contribution >= 4 is 23.7 Å². The number of anilines is 2. The van der Waals surface area contributed by atoms with Crippen LogP contribution in [0.2, 0.25) is 0 Å². The first-order valence-electron chi connectivity index (χ1n) is 7.13. The van der Waals surface area contributed by atoms with Crippen molar-refractivity contribution in [2.75, 3.05) is 43.0 Å². The van der Waals surface area contributed by atoms with Gasteiger partial charge in [0.15, 0.2) is 11.5 Å². The zero-order valence-corrected chi connectivity index (χ0v) is 12.6. The molecular weight excluding hydrogens is 284 g/mol. The maximum Gasteiger partial charge on any atom is 0.352 e. The fourth-order valence-electron chi connectivity index (χ4n) is 2.59. The van der Waals surface area contributed by atoms with Crippen molar-refractivity contribution in [1.82, 2.24) is 20.2 Å². The molecule has 3 amide bonds. The molecule has 8 nitrogen and oxygen atoms in total. The number of imidazole rings is 1. The minimum atomic E-state index is -0.587. The van der Waals surface area contributed by atoms with Gasteiger partial charge in [0, 0.05) is 33.2 Å². The van der Waals surface area contributed by atoms with Gasteiger partial charge in [-0.05, 0) is 6.92 Å². The number of imide groups is 1. The number of carbonyl (C=O) groups excluding carboxylic acids is 2. The van der Waals surface area contributed by atoms with Crippen LogP contribution in [0.1, 0.15) is 17.4 Å². The zero-order chi connectivity index (χ0) is 15.7. The number of fused-ring (bicyclic) bond motifs is 1. The van der Waals surface area contributed by atoms with Crippen molar-refractivity contribution in [3.63, 3.8) is 0 Å². The first-order chi connectivity index (χ1) is 10.6. The fraction of sp³-hybridized carbons (Fsp3) is 0.500. The molecule has 1 N–H and O–H groups in total. The Morgan fingerprint density at radius 1 is 1.27 bits per heavy atom. The molecule has 1 aromatic heterocycles. The minimum absolute atomic E-state index is 0.332. The highest BCUT2D eigenvalue weighted by Crippen LogP contribution is 2.29. The van der Waals surface area contributed by atoms with Crippen LogP contribution in [0.15, 0.2) is 0 Å². The van der Waals surface area contributed by atoms with Gasteiger partial charge in [-0.2, -0.15) is 10.3 Å². The number of amides is 3. The van der Waals surface area contributed by atoms with E-state index >= 15 is 0 Å². The highest BCUT2D eigenvalue weighted by molar-refractivity contribution is 6.15. The molecule has 0 atom stereocenters. The molecular formula is C14H17N6O2. The van der Waals surface area contributed by atoms with E-state index in [2.05, 4.69) is 32.4 Å². The van der Waals surface area contributed by atoms with Gasteiger partial charge in [0.25, 0.3) is 0 Å². The van der Waals surface area contributed by atoms with E-state index in [0.717, 1.165) is 26.2 Å². The van der Waals surface area contributed by atoms with E-state index in [0.29, 0.717) is 24.0 Å². The van der Waals surface area contributed by atoms with Crippen molar-refractivity contribution in [3.8, 4) is 11.8 Å². The second-order valence-electron chi connectivity index (χ2n) is 5.09. The average molecular weight is 301 g/mol. The zero-order valence-electron chi connectivity index (χ0n) is 12.6. The predicted octanol–water partition coefficient (Wildman–Crippen LogP) is -0.370. The number of piperazine rings is 1. The third-order valence-electron chi connectivity index (χ3n) is 3.75. The molecule has 0 aliphatic carbocycles. The van der Waals surface area contributed by atoms with E-state index in [1.54, 1.807) is 18.5 Å². The van der Waals surface area contributed by atoms with Crippen LogP contribution in [-0.4, -0.2) is 54.7 Å². The van der Waals surface area contributed by atoms with Gasteiger partial charge < -0.3 is 10.2 Å². The summed E-state index contributed by atoms with van der Waals surface area (Å²) in [7, 11) is 1.57. The van der Waals surface area contributed by atoms with Crippen LogP contribution in [0.3, 0.4) is 0 Å². The molecule has 1 radical (unpaired) electrons. The summed E-state index contributed by atoms with van der Waals surface area (Å²) < 4.78 is 1.76. The third-order valence-corrected chi connectivity index (χ3v) is 3.75. The number of urea groups is 1. The highest BCUT2D eigenvalue weighted by atomic mass is 16.2. The number of aromatic nitrogens is 2. The molecule has 0 aromatic carbocycles. The standard InChI is InChI=1S/C14H17N6O2/c1-3-4-7-20-10-11(18(2)14(22)17-12(10)21)16-13(20)19-8-5-15-6-9-19/h15H,5-9H2,1-2H3. The van der Waals surface area contributed by atoms with Gasteiger partial charge in [-0.25, -0.2) is 4.79 Å². The van der Waals surface area contributed by atoms with Crippen LogP contribution in [0.5, 0.6) is 0 Å². The quantitative estimate of drug-likeness (QED) is 0.754. The van der Waals surface area contributed by atoms with Crippen LogP contribution in [0.4, 0.5) is 16.6 Å². The molecule has 0 spiro atoms. The summed E-state index contributed by atoms with van der Waals surface area (Å²) in [5.74, 6) is 6.26. The molecule has 8 heteroatoms. The number of rotatable bonds is 2. The Balaban J connectivity index is 2.10. The van der Waals surface area contributed by atoms with E-state index < -0.39 is 11.9 Å². The van der Waals surface area contributed by atoms with Gasteiger partial charge >= 0.3 is 11.9 Å². The van der Waals surface area contributed by atoms with Crippen molar-refractivity contribution in [2.45, 2.75) is 13.5 Å². The summed E-state index contributed by atoms with van der Waals surface area (Å²) in [4.78, 5) is 31.8. The first kappa shape index (κ1) is 14.4. The third kappa shape index (κ3) is 2.29. The van der Waals surface area contributed by atoms with Gasteiger partial charge in [0.05, 0.1) is 6.54 Å². The molecule has 0 saturated carbocycles. The molecule has 1 aromatic rings. The van der Waals surface area contributed by atoms with Crippen LogP contribution in [0, 0.1) is 11.8 Å². The molecule has 2 aliphatic rings. The average Bonchev–Trinajstić information content (AvgIpc) is 2.91. The number of nitrogens with zero attached hydrogens (tertiary/aromatic N) is 5. The summed E-state index contributed by atoms with van der Waals surface area (Å²) in [6.07, 6.45) is 0. The molecule has 1 saturated heterocycles. The second kappa shape index (κ2) is 5.69. The van der Waals surface area contributed by atoms with E-state index in [1.165, 1.54) is 4.90 Å². The maximum atomic E-state index is 12.2. The smallest absolute Gasteiger partial charge is 0.340 e. The molecule has 3 rings (SSSR count). The minimum Gasteiger partial charge on any atom is -0.340 e. The van der Waals surface area contributed by atoms with Crippen molar-refractivity contribution in [1.29, 1.82) is 0 Å². The largest absolute Gasteiger partial charge is 0.352 e. The Labute approximate surface area is 128 Å². The molecule has 22 heavy (non-hydrogen) atoms. The van der Waals surface area contributed by atoms with Crippen LogP contribution < -0.4 is 20.4 Å². The topological polar surface area (TPSA) is 84.6 Å². The highest BCUT2D eigenvalue weighted by Gasteiger charge is 2.36. The lowest BCUT2D eigenvalue weighted by atomic mass is 10.3. The molecule has 115 valence electrons. The van der Waals surface area contributed by atoms with Crippen molar-refractivity contribution in [3.05, 3.63) is 5.69 Å². The van der Waals surface area contributed by atoms with Gasteiger partial charge in [-0.1, -0.05) is 5.92 Å². The summed E-state index contributed by atoms with van der Waals surface area (Å²) in [5.41, 5.74) is 0.332. The van der Waals surface area contributed by atoms with Crippen molar-refractivity contribution < 1.29 is 9.59 Å². The molecule has 3 heterocycles. The van der Waals surface area contributed by atoms with Crippen LogP contribution in [0.25, 0.3) is 0 Å². The van der Waals surface area contributed by atoms with E-state index in [4.69, 9.17) is 0 Å². The van der Waals surface area contributed by atoms with Gasteiger partial charge in [0.1, 0.15) is 0 Å². The molecule has 2 aliphatic heterocycles. The summed E-state index contributed by atoms with van der Waals surface area (Å²) >= 11 is 0. The first-order valence-corrected chi connectivity index (χ1v) is 7.13. The fourth-order valence-corrected chi connectivity index (χ4v) is 2.59. The summed E-state index contributed by atoms with van der Waals surface area (Å²) in [6.45, 7) is 5.38. The second-order valence-corrected chi connectivity index (χ2v) is 5.09. The lowest BCUT2D eigenvalue weighted by Crippen LogP contribution is -2.44. The van der Waals surface area contributed by atoms with Crippen molar-refractivity contribution in [2.24, 2.45) is 0 Å². The number of hydrogen-bond donors (Lipinski definition) is 1. The Kier molecular flexibility index (Phi) is 3.73. The Bertz CT molecular complexity index is 677. The SMILES string of the molecule is CC#CCn1c(N2CCNCC2)nc2c1C(=O)[N]C(=O)N2C. The lowest BCUT2D eigenvalue weighted by molar-refractivity contribution is 0.0949. The number of carbonyl (C=O) groups is 2. The number of nitrogens with one attached hydrogen (secondary N) is 1. The predicted molar refractivity (Wildman–Crippen MR) is 81.0 cm³/mol. The molecule has 0 bridgehead atoms. The Morgan fingerprint density at radius 2 is 2.00 bits per heavy atom.